The molecule has 1 unspecified atom stereocenters. The Morgan fingerprint density at radius 2 is 1.46 bits per heavy atom. The van der Waals surface area contributed by atoms with Crippen LogP contribution in [-0.4, -0.2) is 25.9 Å². The maximum Gasteiger partial charge on any atom is 0.171 e. The van der Waals surface area contributed by atoms with Crippen molar-refractivity contribution in [1.82, 2.24) is 0 Å². The Morgan fingerprint density at radius 3 is 1.54 bits per heavy atom. The van der Waals surface area contributed by atoms with Gasteiger partial charge in [0.15, 0.2) is 9.04 Å². The maximum atomic E-state index is 9.96. The second kappa shape index (κ2) is 4.11. The van der Waals surface area contributed by atoms with E-state index in [2.05, 4.69) is 33.9 Å². The van der Waals surface area contributed by atoms with Crippen LogP contribution < -0.4 is 0 Å². The first kappa shape index (κ1) is 13.1. The fraction of sp³-hybridized carbons (Fsp3) is 1.00. The number of hydrogen-bond donors (Lipinski definition) is 1. The standard InChI is InChI=1S/C10H24O2Si/c1-9(2,3)8(10(4,5)11)12-13(6)7/h8,11,13H,1-7H3. The molecule has 0 aromatic carbocycles. The minimum Gasteiger partial charge on any atom is -0.414 e. The van der Waals surface area contributed by atoms with Gasteiger partial charge in [0.2, 0.25) is 0 Å². The lowest BCUT2D eigenvalue weighted by atomic mass is 9.80. The lowest BCUT2D eigenvalue weighted by Gasteiger charge is -2.40. The number of hydrogen-bond acceptors (Lipinski definition) is 2. The van der Waals surface area contributed by atoms with E-state index in [-0.39, 0.29) is 11.5 Å². The van der Waals surface area contributed by atoms with E-state index in [1.165, 1.54) is 0 Å². The van der Waals surface area contributed by atoms with Crippen LogP contribution in [0.5, 0.6) is 0 Å². The molecule has 0 radical (unpaired) electrons. The van der Waals surface area contributed by atoms with Gasteiger partial charge in [0.1, 0.15) is 0 Å². The van der Waals surface area contributed by atoms with Crippen molar-refractivity contribution in [3.05, 3.63) is 0 Å². The van der Waals surface area contributed by atoms with Crippen LogP contribution in [0.25, 0.3) is 0 Å². The van der Waals surface area contributed by atoms with E-state index >= 15 is 0 Å². The van der Waals surface area contributed by atoms with E-state index in [0.717, 1.165) is 0 Å². The van der Waals surface area contributed by atoms with E-state index in [9.17, 15) is 5.11 Å². The zero-order valence-corrected chi connectivity index (χ0v) is 11.2. The molecule has 0 aliphatic heterocycles. The van der Waals surface area contributed by atoms with Gasteiger partial charge in [-0.25, -0.2) is 0 Å². The summed E-state index contributed by atoms with van der Waals surface area (Å²) >= 11 is 0. The van der Waals surface area contributed by atoms with Crippen LogP contribution >= 0.6 is 0 Å². The summed E-state index contributed by atoms with van der Waals surface area (Å²) in [4.78, 5) is 0. The Bertz CT molecular complexity index is 139. The fourth-order valence-corrected chi connectivity index (χ4v) is 2.99. The molecule has 0 aromatic heterocycles. The van der Waals surface area contributed by atoms with Gasteiger partial charge < -0.3 is 9.53 Å². The van der Waals surface area contributed by atoms with Crippen molar-refractivity contribution in [3.8, 4) is 0 Å². The molecule has 0 saturated heterocycles. The van der Waals surface area contributed by atoms with Crippen molar-refractivity contribution in [1.29, 1.82) is 0 Å². The van der Waals surface area contributed by atoms with Crippen LogP contribution in [0.2, 0.25) is 13.1 Å². The van der Waals surface area contributed by atoms with E-state index < -0.39 is 14.6 Å². The lowest BCUT2D eigenvalue weighted by molar-refractivity contribution is -0.0849. The molecule has 0 spiro atoms. The summed E-state index contributed by atoms with van der Waals surface area (Å²) in [6, 6.07) is 0. The molecular weight excluding hydrogens is 180 g/mol. The van der Waals surface area contributed by atoms with Gasteiger partial charge in [-0.3, -0.25) is 0 Å². The molecule has 0 aromatic rings. The molecule has 0 rings (SSSR count). The topological polar surface area (TPSA) is 29.5 Å². The molecule has 2 nitrogen and oxygen atoms in total. The number of aliphatic hydroxyl groups is 1. The van der Waals surface area contributed by atoms with Crippen molar-refractivity contribution >= 4 is 9.04 Å². The molecule has 0 saturated carbocycles. The summed E-state index contributed by atoms with van der Waals surface area (Å²) in [5.41, 5.74) is -0.759. The maximum absolute atomic E-state index is 9.96. The summed E-state index contributed by atoms with van der Waals surface area (Å²) < 4.78 is 5.87. The molecule has 0 fully saturated rings. The Hall–Kier alpha value is 0.137. The average molecular weight is 204 g/mol. The summed E-state index contributed by atoms with van der Waals surface area (Å²) in [7, 11) is -1.09. The highest BCUT2D eigenvalue weighted by Gasteiger charge is 2.37. The highest BCUT2D eigenvalue weighted by Crippen LogP contribution is 2.31. The second-order valence-corrected chi connectivity index (χ2v) is 7.95. The molecule has 1 N–H and O–H groups in total. The predicted molar refractivity (Wildman–Crippen MR) is 59.5 cm³/mol. The molecule has 13 heavy (non-hydrogen) atoms. The van der Waals surface area contributed by atoms with Gasteiger partial charge in [-0.05, 0) is 32.4 Å². The first-order chi connectivity index (χ1) is 5.55. The molecule has 80 valence electrons. The monoisotopic (exact) mass is 204 g/mol. The molecule has 3 heteroatoms. The number of rotatable bonds is 3. The zero-order chi connectivity index (χ0) is 10.9. The molecule has 0 aliphatic carbocycles. The summed E-state index contributed by atoms with van der Waals surface area (Å²) in [5, 5.41) is 9.96. The highest BCUT2D eigenvalue weighted by atomic mass is 28.3. The summed E-state index contributed by atoms with van der Waals surface area (Å²) in [6.07, 6.45) is -0.0772. The van der Waals surface area contributed by atoms with Gasteiger partial charge in [0, 0.05) is 0 Å². The minimum absolute atomic E-state index is 0.00444. The van der Waals surface area contributed by atoms with Crippen LogP contribution in [0.1, 0.15) is 34.6 Å². The third-order valence-corrected chi connectivity index (χ3v) is 2.65. The van der Waals surface area contributed by atoms with Crippen molar-refractivity contribution in [2.45, 2.75) is 59.4 Å². The van der Waals surface area contributed by atoms with Gasteiger partial charge in [0.25, 0.3) is 0 Å². The van der Waals surface area contributed by atoms with Crippen molar-refractivity contribution < 1.29 is 9.53 Å². The summed E-state index contributed by atoms with van der Waals surface area (Å²) in [5.74, 6) is 0. The summed E-state index contributed by atoms with van der Waals surface area (Å²) in [6.45, 7) is 14.2. The van der Waals surface area contributed by atoms with Gasteiger partial charge in [-0.2, -0.15) is 0 Å². The Labute approximate surface area is 84.0 Å². The first-order valence-corrected chi connectivity index (χ1v) is 7.71. The average Bonchev–Trinajstić information content (AvgIpc) is 1.77. The van der Waals surface area contributed by atoms with Crippen molar-refractivity contribution in [2.75, 3.05) is 0 Å². The fourth-order valence-electron chi connectivity index (χ4n) is 1.70. The van der Waals surface area contributed by atoms with Crippen LogP contribution in [0.15, 0.2) is 0 Å². The Kier molecular flexibility index (Phi) is 4.15. The van der Waals surface area contributed by atoms with E-state index in [0.29, 0.717) is 0 Å². The van der Waals surface area contributed by atoms with Crippen LogP contribution in [0.3, 0.4) is 0 Å². The van der Waals surface area contributed by atoms with E-state index in [1.807, 2.05) is 13.8 Å². The highest BCUT2D eigenvalue weighted by molar-refractivity contribution is 6.48. The Morgan fingerprint density at radius 1 is 1.08 bits per heavy atom. The first-order valence-electron chi connectivity index (χ1n) is 4.93. The molecule has 0 heterocycles. The van der Waals surface area contributed by atoms with Gasteiger partial charge >= 0.3 is 0 Å². The smallest absolute Gasteiger partial charge is 0.171 e. The van der Waals surface area contributed by atoms with Crippen LogP contribution in [0, 0.1) is 5.41 Å². The van der Waals surface area contributed by atoms with Crippen LogP contribution in [-0.2, 0) is 4.43 Å². The molecule has 0 bridgehead atoms. The molecule has 0 aliphatic rings. The zero-order valence-electron chi connectivity index (χ0n) is 10.0. The quantitative estimate of drug-likeness (QED) is 0.714. The van der Waals surface area contributed by atoms with E-state index in [1.54, 1.807) is 0 Å². The Balaban J connectivity index is 4.58. The van der Waals surface area contributed by atoms with Crippen LogP contribution in [0.4, 0.5) is 0 Å². The van der Waals surface area contributed by atoms with Gasteiger partial charge in [-0.15, -0.1) is 0 Å². The predicted octanol–water partition coefficient (Wildman–Crippen LogP) is 2.17. The third-order valence-electron chi connectivity index (χ3n) is 1.84. The molecular formula is C10H24O2Si. The van der Waals surface area contributed by atoms with Gasteiger partial charge in [-0.1, -0.05) is 20.8 Å². The molecule has 0 amide bonds. The SMILES string of the molecule is C[SiH](C)OC(C(C)(C)C)C(C)(C)O. The van der Waals surface area contributed by atoms with Gasteiger partial charge in [0.05, 0.1) is 11.7 Å². The third kappa shape index (κ3) is 4.79. The molecule has 1 atom stereocenters. The normalized spacial score (nSPS) is 16.4. The second-order valence-electron chi connectivity index (χ2n) is 5.58. The van der Waals surface area contributed by atoms with Crippen molar-refractivity contribution in [3.63, 3.8) is 0 Å². The van der Waals surface area contributed by atoms with Crippen molar-refractivity contribution in [2.24, 2.45) is 5.41 Å². The minimum atomic E-state index is -1.09. The largest absolute Gasteiger partial charge is 0.414 e. The lowest BCUT2D eigenvalue weighted by Crippen LogP contribution is -2.48. The van der Waals surface area contributed by atoms with E-state index in [4.69, 9.17) is 4.43 Å².